The molecule has 1 aromatic carbocycles. The summed E-state index contributed by atoms with van der Waals surface area (Å²) in [4.78, 5) is 29.1. The molecule has 6 nitrogen and oxygen atoms in total. The molecule has 0 fully saturated rings. The van der Waals surface area contributed by atoms with Crippen LogP contribution in [-0.2, 0) is 9.47 Å². The highest BCUT2D eigenvalue weighted by Gasteiger charge is 2.24. The van der Waals surface area contributed by atoms with Gasteiger partial charge in [-0.15, -0.1) is 0 Å². The summed E-state index contributed by atoms with van der Waals surface area (Å²) in [7, 11) is 0. The van der Waals surface area contributed by atoms with E-state index in [1.165, 1.54) is 0 Å². The molecule has 0 radical (unpaired) electrons. The molecule has 0 N–H and O–H groups in total. The van der Waals surface area contributed by atoms with E-state index < -0.39 is 11.9 Å². The van der Waals surface area contributed by atoms with E-state index in [1.807, 2.05) is 18.3 Å². The first-order chi connectivity index (χ1) is 11.2. The fraction of sp³-hybridized carbons (Fsp3) is 0.235. The van der Waals surface area contributed by atoms with E-state index >= 15 is 0 Å². The summed E-state index contributed by atoms with van der Waals surface area (Å²) in [6.45, 7) is 3.88. The molecule has 0 saturated heterocycles. The lowest BCUT2D eigenvalue weighted by molar-refractivity contribution is 0.0481. The summed E-state index contributed by atoms with van der Waals surface area (Å²) in [6.07, 6.45) is 3.49. The van der Waals surface area contributed by atoms with Crippen molar-refractivity contribution in [1.82, 2.24) is 9.38 Å². The van der Waals surface area contributed by atoms with E-state index in [-0.39, 0.29) is 24.3 Å². The van der Waals surface area contributed by atoms with Crippen LogP contribution in [0.1, 0.15) is 34.6 Å². The third kappa shape index (κ3) is 2.52. The molecule has 6 heteroatoms. The van der Waals surface area contributed by atoms with Gasteiger partial charge in [0, 0.05) is 11.6 Å². The average molecular weight is 312 g/mol. The smallest absolute Gasteiger partial charge is 0.339 e. The lowest BCUT2D eigenvalue weighted by Gasteiger charge is -2.12. The Labute approximate surface area is 132 Å². The number of esters is 2. The number of fused-ring (bicyclic) bond motifs is 3. The molecule has 23 heavy (non-hydrogen) atoms. The standard InChI is InChI=1S/C17H16N2O4/c1-3-22-16(20)11-7-8-12-15(14(11)17(21)23-4-2)13-6-5-9-19(13)10-18-12/h5-10H,3-4H2,1-2H3. The number of aromatic nitrogens is 2. The normalized spacial score (nSPS) is 10.9. The number of hydrogen-bond donors (Lipinski definition) is 0. The Bertz CT molecular complexity index is 898. The van der Waals surface area contributed by atoms with E-state index in [9.17, 15) is 9.59 Å². The first kappa shape index (κ1) is 15.0. The largest absolute Gasteiger partial charge is 0.462 e. The number of hydrogen-bond acceptors (Lipinski definition) is 5. The van der Waals surface area contributed by atoms with Crippen LogP contribution < -0.4 is 0 Å². The first-order valence-electron chi connectivity index (χ1n) is 7.40. The number of rotatable bonds is 4. The van der Waals surface area contributed by atoms with Crippen LogP contribution in [0.3, 0.4) is 0 Å². The Hall–Kier alpha value is -2.89. The van der Waals surface area contributed by atoms with Gasteiger partial charge >= 0.3 is 11.9 Å². The second kappa shape index (κ2) is 6.08. The van der Waals surface area contributed by atoms with Gasteiger partial charge in [0.25, 0.3) is 0 Å². The van der Waals surface area contributed by atoms with Gasteiger partial charge in [0.15, 0.2) is 0 Å². The van der Waals surface area contributed by atoms with Gasteiger partial charge in [-0.1, -0.05) is 0 Å². The van der Waals surface area contributed by atoms with Crippen LogP contribution in [0.15, 0.2) is 36.8 Å². The van der Waals surface area contributed by atoms with Crippen LogP contribution in [0.5, 0.6) is 0 Å². The molecule has 0 saturated carbocycles. The van der Waals surface area contributed by atoms with Crippen LogP contribution in [-0.4, -0.2) is 34.5 Å². The maximum Gasteiger partial charge on any atom is 0.339 e. The summed E-state index contributed by atoms with van der Waals surface area (Å²) >= 11 is 0. The van der Waals surface area contributed by atoms with Gasteiger partial charge in [-0.3, -0.25) is 0 Å². The number of nitrogens with zero attached hydrogens (tertiary/aromatic N) is 2. The molecular weight excluding hydrogens is 296 g/mol. The summed E-state index contributed by atoms with van der Waals surface area (Å²) in [5.41, 5.74) is 1.78. The van der Waals surface area contributed by atoms with Gasteiger partial charge < -0.3 is 13.9 Å². The van der Waals surface area contributed by atoms with Gasteiger partial charge in [-0.2, -0.15) is 0 Å². The lowest BCUT2D eigenvalue weighted by Crippen LogP contribution is -2.15. The van der Waals surface area contributed by atoms with Crippen molar-refractivity contribution >= 4 is 28.4 Å². The van der Waals surface area contributed by atoms with Crippen molar-refractivity contribution in [2.75, 3.05) is 13.2 Å². The quantitative estimate of drug-likeness (QED) is 0.693. The van der Waals surface area contributed by atoms with E-state index in [1.54, 1.807) is 36.7 Å². The average Bonchev–Trinajstić information content (AvgIpc) is 3.02. The summed E-state index contributed by atoms with van der Waals surface area (Å²) in [5, 5.41) is 0.585. The summed E-state index contributed by atoms with van der Waals surface area (Å²) < 4.78 is 12.0. The fourth-order valence-electron chi connectivity index (χ4n) is 2.58. The molecule has 0 amide bonds. The SMILES string of the molecule is CCOC(=O)c1ccc2ncn3cccc3c2c1C(=O)OCC. The molecule has 0 spiro atoms. The third-order valence-electron chi connectivity index (χ3n) is 3.51. The first-order valence-corrected chi connectivity index (χ1v) is 7.40. The van der Waals surface area contributed by atoms with Crippen molar-refractivity contribution in [1.29, 1.82) is 0 Å². The van der Waals surface area contributed by atoms with Crippen molar-refractivity contribution < 1.29 is 19.1 Å². The third-order valence-corrected chi connectivity index (χ3v) is 3.51. The Balaban J connectivity index is 2.37. The van der Waals surface area contributed by atoms with E-state index in [0.29, 0.717) is 10.9 Å². The summed E-state index contributed by atoms with van der Waals surface area (Å²) in [6, 6.07) is 6.97. The Morgan fingerprint density at radius 2 is 1.83 bits per heavy atom. The molecule has 0 unspecified atom stereocenters. The molecule has 0 bridgehead atoms. The van der Waals surface area contributed by atoms with Crippen LogP contribution in [0, 0.1) is 0 Å². The van der Waals surface area contributed by atoms with Crippen molar-refractivity contribution in [3.63, 3.8) is 0 Å². The number of benzene rings is 1. The highest BCUT2D eigenvalue weighted by molar-refractivity contribution is 6.16. The molecule has 118 valence electrons. The second-order valence-electron chi connectivity index (χ2n) is 4.87. The van der Waals surface area contributed by atoms with E-state index in [2.05, 4.69) is 4.98 Å². The molecule has 3 rings (SSSR count). The Morgan fingerprint density at radius 1 is 1.09 bits per heavy atom. The van der Waals surface area contributed by atoms with Gasteiger partial charge in [0.05, 0.1) is 41.7 Å². The number of carbonyl (C=O) groups excluding carboxylic acids is 2. The van der Waals surface area contributed by atoms with Gasteiger partial charge in [0.2, 0.25) is 0 Å². The van der Waals surface area contributed by atoms with E-state index in [0.717, 1.165) is 5.52 Å². The molecule has 0 aliphatic carbocycles. The minimum absolute atomic E-state index is 0.189. The van der Waals surface area contributed by atoms with Crippen molar-refractivity contribution in [2.45, 2.75) is 13.8 Å². The second-order valence-corrected chi connectivity index (χ2v) is 4.87. The Kier molecular flexibility index (Phi) is 3.97. The van der Waals surface area contributed by atoms with Crippen molar-refractivity contribution in [3.05, 3.63) is 47.9 Å². The van der Waals surface area contributed by atoms with Crippen molar-refractivity contribution in [2.24, 2.45) is 0 Å². The predicted molar refractivity (Wildman–Crippen MR) is 84.6 cm³/mol. The number of carbonyl (C=O) groups is 2. The molecular formula is C17H16N2O4. The molecule has 0 aliphatic heterocycles. The Morgan fingerprint density at radius 3 is 2.57 bits per heavy atom. The predicted octanol–water partition coefficient (Wildman–Crippen LogP) is 2.84. The van der Waals surface area contributed by atoms with Crippen molar-refractivity contribution in [3.8, 4) is 0 Å². The molecule has 2 aromatic heterocycles. The van der Waals surface area contributed by atoms with Crippen LogP contribution in [0.4, 0.5) is 0 Å². The van der Waals surface area contributed by atoms with Gasteiger partial charge in [-0.25, -0.2) is 14.6 Å². The minimum Gasteiger partial charge on any atom is -0.462 e. The van der Waals surface area contributed by atoms with Crippen LogP contribution >= 0.6 is 0 Å². The zero-order chi connectivity index (χ0) is 16.4. The zero-order valence-corrected chi connectivity index (χ0v) is 12.9. The van der Waals surface area contributed by atoms with Gasteiger partial charge in [-0.05, 0) is 38.1 Å². The number of ether oxygens (including phenoxy) is 2. The maximum absolute atomic E-state index is 12.5. The molecule has 2 heterocycles. The zero-order valence-electron chi connectivity index (χ0n) is 12.9. The topological polar surface area (TPSA) is 69.9 Å². The van der Waals surface area contributed by atoms with E-state index in [4.69, 9.17) is 9.47 Å². The maximum atomic E-state index is 12.5. The molecule has 3 aromatic rings. The molecule has 0 aliphatic rings. The summed E-state index contributed by atoms with van der Waals surface area (Å²) in [5.74, 6) is -1.11. The fourth-order valence-corrected chi connectivity index (χ4v) is 2.58. The highest BCUT2D eigenvalue weighted by atomic mass is 16.5. The molecule has 0 atom stereocenters. The minimum atomic E-state index is -0.558. The van der Waals surface area contributed by atoms with Gasteiger partial charge in [0.1, 0.15) is 0 Å². The van der Waals surface area contributed by atoms with Crippen LogP contribution in [0.2, 0.25) is 0 Å². The monoisotopic (exact) mass is 312 g/mol. The lowest BCUT2D eigenvalue weighted by atomic mass is 10.0. The van der Waals surface area contributed by atoms with Crippen LogP contribution in [0.25, 0.3) is 16.4 Å². The highest BCUT2D eigenvalue weighted by Crippen LogP contribution is 2.27.